The van der Waals surface area contributed by atoms with Gasteiger partial charge in [0, 0.05) is 25.6 Å². The van der Waals surface area contributed by atoms with Crippen molar-refractivity contribution in [1.29, 1.82) is 0 Å². The van der Waals surface area contributed by atoms with Crippen LogP contribution >= 0.6 is 0 Å². The van der Waals surface area contributed by atoms with E-state index < -0.39 is 35.7 Å². The van der Waals surface area contributed by atoms with Crippen LogP contribution in [0.2, 0.25) is 0 Å². The van der Waals surface area contributed by atoms with E-state index in [1.807, 2.05) is 0 Å². The third-order valence-corrected chi connectivity index (χ3v) is 4.51. The number of aliphatic hydroxyl groups is 1. The molecular formula is C17H20N4O5. The van der Waals surface area contributed by atoms with Gasteiger partial charge in [-0.3, -0.25) is 29.4 Å². The summed E-state index contributed by atoms with van der Waals surface area (Å²) in [5, 5.41) is 14.2. The standard InChI is InChI=1S/C17H20N4O5/c18-10(8-22)7-19-6-9-2-1-3-11-14(9)17(26)21(16(11)25)12-4-5-13(23)20-15(12)24/h1-3,10,12,19,22H,4-8,18H2,(H,20,23,24)/t10-,12?/m1/s1. The first-order valence-corrected chi connectivity index (χ1v) is 8.34. The summed E-state index contributed by atoms with van der Waals surface area (Å²) in [6.45, 7) is 0.471. The molecule has 0 aliphatic carbocycles. The van der Waals surface area contributed by atoms with Crippen molar-refractivity contribution in [2.75, 3.05) is 13.2 Å². The zero-order valence-electron chi connectivity index (χ0n) is 14.0. The average molecular weight is 360 g/mol. The molecule has 1 saturated heterocycles. The largest absolute Gasteiger partial charge is 0.395 e. The lowest BCUT2D eigenvalue weighted by atomic mass is 10.0. The van der Waals surface area contributed by atoms with Gasteiger partial charge in [0.15, 0.2) is 0 Å². The van der Waals surface area contributed by atoms with E-state index in [9.17, 15) is 19.2 Å². The van der Waals surface area contributed by atoms with Crippen LogP contribution < -0.4 is 16.4 Å². The molecule has 0 radical (unpaired) electrons. The molecule has 1 aromatic carbocycles. The van der Waals surface area contributed by atoms with E-state index in [2.05, 4.69) is 10.6 Å². The monoisotopic (exact) mass is 360 g/mol. The first kappa shape index (κ1) is 18.2. The summed E-state index contributed by atoms with van der Waals surface area (Å²) >= 11 is 0. The molecule has 0 saturated carbocycles. The van der Waals surface area contributed by atoms with Crippen LogP contribution in [-0.4, -0.2) is 58.9 Å². The minimum Gasteiger partial charge on any atom is -0.395 e. The van der Waals surface area contributed by atoms with Gasteiger partial charge >= 0.3 is 0 Å². The van der Waals surface area contributed by atoms with E-state index in [4.69, 9.17) is 10.8 Å². The fraction of sp³-hybridized carbons (Fsp3) is 0.412. The summed E-state index contributed by atoms with van der Waals surface area (Å²) in [6, 6.07) is 3.52. The van der Waals surface area contributed by atoms with Gasteiger partial charge in [0.05, 0.1) is 17.7 Å². The van der Waals surface area contributed by atoms with Crippen LogP contribution in [0.15, 0.2) is 18.2 Å². The van der Waals surface area contributed by atoms with E-state index in [0.717, 1.165) is 4.90 Å². The van der Waals surface area contributed by atoms with E-state index in [1.54, 1.807) is 18.2 Å². The highest BCUT2D eigenvalue weighted by atomic mass is 16.3. The maximum absolute atomic E-state index is 12.9. The van der Waals surface area contributed by atoms with Crippen LogP contribution in [0.4, 0.5) is 0 Å². The van der Waals surface area contributed by atoms with Gasteiger partial charge in [-0.1, -0.05) is 12.1 Å². The number of fused-ring (bicyclic) bond motifs is 1. The van der Waals surface area contributed by atoms with Crippen molar-refractivity contribution in [1.82, 2.24) is 15.5 Å². The fourth-order valence-electron chi connectivity index (χ4n) is 3.19. The molecule has 2 aliphatic heterocycles. The molecule has 4 amide bonds. The van der Waals surface area contributed by atoms with Crippen LogP contribution in [0, 0.1) is 0 Å². The van der Waals surface area contributed by atoms with Crippen molar-refractivity contribution in [2.24, 2.45) is 5.73 Å². The molecule has 1 unspecified atom stereocenters. The van der Waals surface area contributed by atoms with Gasteiger partial charge in [-0.05, 0) is 18.1 Å². The predicted octanol–water partition coefficient (Wildman–Crippen LogP) is -1.50. The number of aliphatic hydroxyl groups excluding tert-OH is 1. The smallest absolute Gasteiger partial charge is 0.262 e. The quantitative estimate of drug-likeness (QED) is 0.452. The number of nitrogens with two attached hydrogens (primary N) is 1. The Morgan fingerprint density at radius 3 is 2.73 bits per heavy atom. The Kier molecular flexibility index (Phi) is 5.12. The maximum Gasteiger partial charge on any atom is 0.262 e. The van der Waals surface area contributed by atoms with Crippen molar-refractivity contribution < 1.29 is 24.3 Å². The second-order valence-electron chi connectivity index (χ2n) is 6.36. The molecule has 0 aromatic heterocycles. The lowest BCUT2D eigenvalue weighted by Gasteiger charge is -2.27. The molecule has 2 aliphatic rings. The van der Waals surface area contributed by atoms with Crippen molar-refractivity contribution >= 4 is 23.6 Å². The number of nitrogens with zero attached hydrogens (tertiary/aromatic N) is 1. The third-order valence-electron chi connectivity index (χ3n) is 4.51. The molecule has 9 nitrogen and oxygen atoms in total. The van der Waals surface area contributed by atoms with E-state index in [0.29, 0.717) is 18.7 Å². The van der Waals surface area contributed by atoms with Gasteiger partial charge in [0.2, 0.25) is 11.8 Å². The van der Waals surface area contributed by atoms with Crippen LogP contribution in [0.25, 0.3) is 0 Å². The number of amides is 4. The SMILES string of the molecule is N[C@@H](CO)CNCc1cccc2c1C(=O)N(C1CCC(=O)NC1=O)C2=O. The van der Waals surface area contributed by atoms with Crippen molar-refractivity contribution in [3.05, 3.63) is 34.9 Å². The molecule has 2 atom stereocenters. The fourth-order valence-corrected chi connectivity index (χ4v) is 3.19. The number of carbonyl (C=O) groups excluding carboxylic acids is 4. The summed E-state index contributed by atoms with van der Waals surface area (Å²) in [7, 11) is 0. The molecule has 2 heterocycles. The Morgan fingerprint density at radius 1 is 1.27 bits per heavy atom. The van der Waals surface area contributed by atoms with Gasteiger partial charge in [-0.2, -0.15) is 0 Å². The van der Waals surface area contributed by atoms with E-state index in [-0.39, 0.29) is 30.6 Å². The van der Waals surface area contributed by atoms with Crippen LogP contribution in [0.1, 0.15) is 39.1 Å². The number of rotatable bonds is 6. The number of piperidine rings is 1. The summed E-state index contributed by atoms with van der Waals surface area (Å²) in [5.74, 6) is -2.12. The highest BCUT2D eigenvalue weighted by Gasteiger charge is 2.45. The molecule has 26 heavy (non-hydrogen) atoms. The Hall–Kier alpha value is -2.62. The zero-order valence-corrected chi connectivity index (χ0v) is 14.0. The van der Waals surface area contributed by atoms with Crippen LogP contribution in [0.5, 0.6) is 0 Å². The lowest BCUT2D eigenvalue weighted by Crippen LogP contribution is -2.54. The zero-order chi connectivity index (χ0) is 18.8. The Labute approximate surface area is 149 Å². The highest BCUT2D eigenvalue weighted by molar-refractivity contribution is 6.24. The number of hydrogen-bond donors (Lipinski definition) is 4. The lowest BCUT2D eigenvalue weighted by molar-refractivity contribution is -0.136. The minimum atomic E-state index is -0.983. The summed E-state index contributed by atoms with van der Waals surface area (Å²) in [5.41, 5.74) is 6.74. The van der Waals surface area contributed by atoms with Gasteiger partial charge < -0.3 is 16.2 Å². The van der Waals surface area contributed by atoms with Crippen molar-refractivity contribution in [3.63, 3.8) is 0 Å². The normalized spacial score (nSPS) is 21.0. The summed E-state index contributed by atoms with van der Waals surface area (Å²) in [4.78, 5) is 49.9. The number of hydrogen-bond acceptors (Lipinski definition) is 7. The first-order valence-electron chi connectivity index (χ1n) is 8.34. The Bertz CT molecular complexity index is 778. The average Bonchev–Trinajstić information content (AvgIpc) is 2.87. The second-order valence-corrected chi connectivity index (χ2v) is 6.36. The van der Waals surface area contributed by atoms with E-state index >= 15 is 0 Å². The summed E-state index contributed by atoms with van der Waals surface area (Å²) in [6.07, 6.45) is 0.201. The van der Waals surface area contributed by atoms with Gasteiger partial charge in [0.25, 0.3) is 11.8 Å². The Balaban J connectivity index is 1.82. The first-order chi connectivity index (χ1) is 12.4. The molecule has 9 heteroatoms. The number of imide groups is 2. The molecule has 1 aromatic rings. The molecule has 1 fully saturated rings. The van der Waals surface area contributed by atoms with Crippen molar-refractivity contribution in [2.45, 2.75) is 31.5 Å². The molecule has 0 spiro atoms. The summed E-state index contributed by atoms with van der Waals surface area (Å²) < 4.78 is 0. The third kappa shape index (κ3) is 3.24. The molecule has 5 N–H and O–H groups in total. The van der Waals surface area contributed by atoms with Gasteiger partial charge in [-0.25, -0.2) is 0 Å². The molecule has 3 rings (SSSR count). The second kappa shape index (κ2) is 7.32. The number of benzene rings is 1. The molecular weight excluding hydrogens is 340 g/mol. The van der Waals surface area contributed by atoms with Gasteiger partial charge in [0.1, 0.15) is 6.04 Å². The van der Waals surface area contributed by atoms with Crippen molar-refractivity contribution in [3.8, 4) is 0 Å². The van der Waals surface area contributed by atoms with Crippen LogP contribution in [0.3, 0.4) is 0 Å². The maximum atomic E-state index is 12.9. The van der Waals surface area contributed by atoms with E-state index in [1.165, 1.54) is 0 Å². The number of nitrogens with one attached hydrogen (secondary N) is 2. The predicted molar refractivity (Wildman–Crippen MR) is 89.9 cm³/mol. The molecule has 0 bridgehead atoms. The van der Waals surface area contributed by atoms with Gasteiger partial charge in [-0.15, -0.1) is 0 Å². The Morgan fingerprint density at radius 2 is 2.04 bits per heavy atom. The number of carbonyl (C=O) groups is 4. The highest BCUT2D eigenvalue weighted by Crippen LogP contribution is 2.29. The minimum absolute atomic E-state index is 0.0806. The van der Waals surface area contributed by atoms with Crippen LogP contribution in [-0.2, 0) is 16.1 Å². The molecule has 138 valence electrons. The topological polar surface area (TPSA) is 142 Å².